The summed E-state index contributed by atoms with van der Waals surface area (Å²) in [5.74, 6) is 4.37. The SMILES string of the molecule is C=S1(=O)C[C@@](C)(c2cccc(-c3cncc(Cl)c3)c2)N=C(N)N1C. The summed E-state index contributed by atoms with van der Waals surface area (Å²) in [6.45, 7) is 1.92. The first-order valence-electron chi connectivity index (χ1n) is 7.37. The molecule has 1 aliphatic rings. The number of halogens is 1. The Labute approximate surface area is 147 Å². The summed E-state index contributed by atoms with van der Waals surface area (Å²) in [6.07, 6.45) is 3.35. The lowest BCUT2D eigenvalue weighted by molar-refractivity contribution is 0.514. The van der Waals surface area contributed by atoms with Crippen LogP contribution < -0.4 is 5.73 Å². The van der Waals surface area contributed by atoms with Gasteiger partial charge in [-0.1, -0.05) is 29.8 Å². The van der Waals surface area contributed by atoms with Crippen LogP contribution in [-0.4, -0.2) is 38.1 Å². The largest absolute Gasteiger partial charge is 0.369 e. The topological polar surface area (TPSA) is 71.6 Å². The van der Waals surface area contributed by atoms with Gasteiger partial charge in [-0.15, -0.1) is 0 Å². The van der Waals surface area contributed by atoms with Gasteiger partial charge in [-0.25, -0.2) is 9.20 Å². The lowest BCUT2D eigenvalue weighted by Crippen LogP contribution is -2.50. The maximum atomic E-state index is 12.8. The summed E-state index contributed by atoms with van der Waals surface area (Å²) in [5, 5.41) is 0.575. The number of benzene rings is 1. The monoisotopic (exact) mass is 362 g/mol. The van der Waals surface area contributed by atoms with E-state index < -0.39 is 15.2 Å². The highest BCUT2D eigenvalue weighted by Crippen LogP contribution is 2.34. The number of nitrogens with two attached hydrogens (primary N) is 1. The highest BCUT2D eigenvalue weighted by molar-refractivity contribution is 7.98. The fourth-order valence-electron chi connectivity index (χ4n) is 2.81. The maximum Gasteiger partial charge on any atom is 0.203 e. The van der Waals surface area contributed by atoms with Crippen molar-refractivity contribution in [3.8, 4) is 11.1 Å². The number of aromatic nitrogens is 1. The van der Waals surface area contributed by atoms with Gasteiger partial charge in [0.15, 0.2) is 0 Å². The van der Waals surface area contributed by atoms with E-state index in [4.69, 9.17) is 17.3 Å². The first kappa shape index (κ1) is 16.8. The third-order valence-corrected chi connectivity index (χ3v) is 6.62. The number of aliphatic imine (C=N–C) groups is 1. The van der Waals surface area contributed by atoms with E-state index in [0.717, 1.165) is 16.7 Å². The average Bonchev–Trinajstić information content (AvgIpc) is 2.52. The quantitative estimate of drug-likeness (QED) is 0.834. The molecule has 0 amide bonds. The number of rotatable bonds is 2. The van der Waals surface area contributed by atoms with Crippen LogP contribution in [0, 0.1) is 0 Å². The van der Waals surface area contributed by atoms with Gasteiger partial charge in [0.05, 0.1) is 26.0 Å². The van der Waals surface area contributed by atoms with Crippen LogP contribution in [0.1, 0.15) is 12.5 Å². The molecule has 2 aromatic rings. The smallest absolute Gasteiger partial charge is 0.203 e. The van der Waals surface area contributed by atoms with Crippen molar-refractivity contribution in [3.05, 3.63) is 53.3 Å². The van der Waals surface area contributed by atoms with E-state index in [-0.39, 0.29) is 5.96 Å². The molecular formula is C17H19ClN4OS. The Kier molecular flexibility index (Phi) is 4.05. The molecule has 0 spiro atoms. The first-order chi connectivity index (χ1) is 11.2. The van der Waals surface area contributed by atoms with Gasteiger partial charge in [0.1, 0.15) is 0 Å². The van der Waals surface area contributed by atoms with Crippen molar-refractivity contribution in [2.24, 2.45) is 10.7 Å². The highest BCUT2D eigenvalue weighted by atomic mass is 35.5. The van der Waals surface area contributed by atoms with Crippen molar-refractivity contribution in [3.63, 3.8) is 0 Å². The molecule has 7 heteroatoms. The second-order valence-corrected chi connectivity index (χ2v) is 8.95. The van der Waals surface area contributed by atoms with Gasteiger partial charge in [0, 0.05) is 25.0 Å². The van der Waals surface area contributed by atoms with Crippen LogP contribution in [-0.2, 0) is 15.2 Å². The van der Waals surface area contributed by atoms with Crippen LogP contribution in [0.2, 0.25) is 5.02 Å². The first-order valence-corrected chi connectivity index (χ1v) is 9.60. The zero-order chi connectivity index (χ0) is 17.5. The molecule has 1 aliphatic heterocycles. The molecule has 0 saturated heterocycles. The number of hydrogen-bond donors (Lipinski definition) is 1. The molecule has 126 valence electrons. The van der Waals surface area contributed by atoms with Crippen LogP contribution in [0.5, 0.6) is 0 Å². The highest BCUT2D eigenvalue weighted by Gasteiger charge is 2.36. The fourth-order valence-corrected chi connectivity index (χ4v) is 4.67. The third kappa shape index (κ3) is 2.99. The summed E-state index contributed by atoms with van der Waals surface area (Å²) in [4.78, 5) is 8.70. The molecule has 2 atom stereocenters. The van der Waals surface area contributed by atoms with Gasteiger partial charge in [-0.2, -0.15) is 0 Å². The minimum atomic E-state index is -2.51. The maximum absolute atomic E-state index is 12.8. The van der Waals surface area contributed by atoms with Crippen molar-refractivity contribution < 1.29 is 4.21 Å². The lowest BCUT2D eigenvalue weighted by Gasteiger charge is -2.37. The van der Waals surface area contributed by atoms with E-state index in [1.54, 1.807) is 19.4 Å². The Morgan fingerprint density at radius 3 is 2.75 bits per heavy atom. The third-order valence-electron chi connectivity index (χ3n) is 4.21. The molecule has 2 heterocycles. The number of nitrogens with zero attached hydrogens (tertiary/aromatic N) is 3. The zero-order valence-electron chi connectivity index (χ0n) is 13.6. The predicted molar refractivity (Wildman–Crippen MR) is 102 cm³/mol. The molecular weight excluding hydrogens is 344 g/mol. The Bertz CT molecular complexity index is 926. The van der Waals surface area contributed by atoms with Crippen molar-refractivity contribution in [1.29, 1.82) is 0 Å². The van der Waals surface area contributed by atoms with Crippen LogP contribution in [0.15, 0.2) is 47.7 Å². The van der Waals surface area contributed by atoms with Crippen LogP contribution >= 0.6 is 11.6 Å². The molecule has 0 bridgehead atoms. The summed E-state index contributed by atoms with van der Waals surface area (Å²) < 4.78 is 14.2. The molecule has 24 heavy (non-hydrogen) atoms. The van der Waals surface area contributed by atoms with Gasteiger partial charge >= 0.3 is 0 Å². The summed E-state index contributed by atoms with van der Waals surface area (Å²) in [7, 11) is -0.852. The average molecular weight is 363 g/mol. The second kappa shape index (κ2) is 5.79. The van der Waals surface area contributed by atoms with Gasteiger partial charge in [-0.3, -0.25) is 9.29 Å². The fraction of sp³-hybridized carbons (Fsp3) is 0.235. The van der Waals surface area contributed by atoms with Gasteiger partial charge in [0.25, 0.3) is 0 Å². The van der Waals surface area contributed by atoms with Crippen LogP contribution in [0.4, 0.5) is 0 Å². The second-order valence-electron chi connectivity index (χ2n) is 6.13. The van der Waals surface area contributed by atoms with Crippen molar-refractivity contribution in [2.45, 2.75) is 12.5 Å². The molecule has 3 rings (SSSR count). The molecule has 2 N–H and O–H groups in total. The standard InChI is InChI=1S/C17H19ClN4OS/c1-17(11-24(3,23)22(2)16(19)21-17)14-6-4-5-12(7-14)13-8-15(18)10-20-9-13/h4-10H,3,11H2,1-2H3,(H2,19,21)/t17-,24?/m0/s1. The summed E-state index contributed by atoms with van der Waals surface area (Å²) in [6, 6.07) is 9.73. The molecule has 1 aromatic carbocycles. The van der Waals surface area contributed by atoms with Gasteiger partial charge in [-0.05, 0) is 36.1 Å². The van der Waals surface area contributed by atoms with Crippen LogP contribution in [0.25, 0.3) is 11.1 Å². The van der Waals surface area contributed by atoms with E-state index in [1.165, 1.54) is 4.31 Å². The van der Waals surface area contributed by atoms with Gasteiger partial charge in [0.2, 0.25) is 5.96 Å². The van der Waals surface area contributed by atoms with E-state index in [2.05, 4.69) is 15.8 Å². The van der Waals surface area contributed by atoms with Crippen molar-refractivity contribution in [2.75, 3.05) is 12.8 Å². The van der Waals surface area contributed by atoms with Crippen molar-refractivity contribution >= 4 is 33.1 Å². The Morgan fingerprint density at radius 1 is 1.33 bits per heavy atom. The normalized spacial score (nSPS) is 27.0. The molecule has 0 radical (unpaired) electrons. The van der Waals surface area contributed by atoms with E-state index >= 15 is 0 Å². The Balaban J connectivity index is 2.09. The number of pyridine rings is 1. The molecule has 5 nitrogen and oxygen atoms in total. The predicted octanol–water partition coefficient (Wildman–Crippen LogP) is 2.51. The Morgan fingerprint density at radius 2 is 2.08 bits per heavy atom. The molecule has 0 aliphatic carbocycles. The lowest BCUT2D eigenvalue weighted by atomic mass is 9.92. The minimum Gasteiger partial charge on any atom is -0.369 e. The Hall–Kier alpha value is -2.05. The van der Waals surface area contributed by atoms with E-state index in [0.29, 0.717) is 10.8 Å². The minimum absolute atomic E-state index is 0.235. The number of hydrogen-bond acceptors (Lipinski definition) is 4. The molecule has 0 saturated carbocycles. The molecule has 1 unspecified atom stereocenters. The zero-order valence-corrected chi connectivity index (χ0v) is 15.1. The van der Waals surface area contributed by atoms with E-state index in [1.807, 2.05) is 37.3 Å². The summed E-state index contributed by atoms with van der Waals surface area (Å²) >= 11 is 6.03. The van der Waals surface area contributed by atoms with Crippen LogP contribution in [0.3, 0.4) is 0 Å². The number of guanidine groups is 1. The van der Waals surface area contributed by atoms with Crippen molar-refractivity contribution in [1.82, 2.24) is 9.29 Å². The van der Waals surface area contributed by atoms with E-state index in [9.17, 15) is 4.21 Å². The summed E-state index contributed by atoms with van der Waals surface area (Å²) in [5.41, 5.74) is 8.07. The molecule has 1 aromatic heterocycles. The van der Waals surface area contributed by atoms with Gasteiger partial charge < -0.3 is 5.73 Å². The molecule has 0 fully saturated rings.